The predicted molar refractivity (Wildman–Crippen MR) is 137 cm³/mol. The smallest absolute Gasteiger partial charge is 0.0927 e. The Morgan fingerprint density at radius 3 is 2.30 bits per heavy atom. The van der Waals surface area contributed by atoms with E-state index in [1.165, 1.54) is 27.3 Å². The van der Waals surface area contributed by atoms with Gasteiger partial charge in [-0.2, -0.15) is 11.2 Å². The molecule has 5 heteroatoms. The molecule has 6 rings (SSSR count). The number of benzene rings is 3. The van der Waals surface area contributed by atoms with Crippen LogP contribution in [0.25, 0.3) is 27.4 Å². The Hall–Kier alpha value is -2.32. The topological polar surface area (TPSA) is 17.8 Å². The van der Waals surface area contributed by atoms with Gasteiger partial charge in [0.1, 0.15) is 0 Å². The van der Waals surface area contributed by atoms with Gasteiger partial charge >= 0.3 is 37.9 Å². The molecule has 1 aliphatic carbocycles. The molecule has 5 aromatic rings. The second kappa shape index (κ2) is 12.2. The first-order chi connectivity index (χ1) is 16.3. The van der Waals surface area contributed by atoms with Crippen molar-refractivity contribution < 1.29 is 20.8 Å². The Bertz CT molecular complexity index is 1230. The van der Waals surface area contributed by atoms with Gasteiger partial charge in [0.15, 0.2) is 0 Å². The third kappa shape index (κ3) is 6.61. The summed E-state index contributed by atoms with van der Waals surface area (Å²) in [5.74, 6) is 0. The zero-order valence-corrected chi connectivity index (χ0v) is 21.9. The van der Waals surface area contributed by atoms with Gasteiger partial charge in [0.25, 0.3) is 0 Å². The summed E-state index contributed by atoms with van der Waals surface area (Å²) >= 11 is -0.826. The van der Waals surface area contributed by atoms with Crippen LogP contribution in [-0.4, -0.2) is 9.78 Å². The Kier molecular flexibility index (Phi) is 8.83. The minimum atomic E-state index is -0.826. The number of hydrogen-bond acceptors (Lipinski definition) is 1. The molecule has 0 N–H and O–H groups in total. The molecule has 33 heavy (non-hydrogen) atoms. The fourth-order valence-corrected chi connectivity index (χ4v) is 3.75. The number of nitrogens with zero attached hydrogens (tertiary/aromatic N) is 2. The van der Waals surface area contributed by atoms with Crippen LogP contribution in [-0.2, 0) is 27.3 Å². The largest absolute Gasteiger partial charge is 0.259 e. The first-order valence-corrected chi connectivity index (χ1v) is 17.0. The number of rotatable bonds is 3. The molecule has 162 valence electrons. The maximum absolute atomic E-state index is 4.93. The van der Waals surface area contributed by atoms with E-state index in [0.29, 0.717) is 0 Å². The van der Waals surface area contributed by atoms with Gasteiger partial charge < -0.3 is 0 Å². The summed E-state index contributed by atoms with van der Waals surface area (Å²) in [6.45, 7) is 0. The average Bonchev–Trinajstić information content (AvgIpc) is 3.59. The maximum Gasteiger partial charge on any atom is 0.0927 e. The van der Waals surface area contributed by atoms with Crippen LogP contribution >= 0.6 is 17.0 Å². The van der Waals surface area contributed by atoms with Crippen LogP contribution in [0.3, 0.4) is 0 Å². The van der Waals surface area contributed by atoms with E-state index in [4.69, 9.17) is 17.0 Å². The molecule has 0 bridgehead atoms. The van der Waals surface area contributed by atoms with E-state index in [-0.39, 0.29) is 0 Å². The van der Waals surface area contributed by atoms with Gasteiger partial charge in [-0.25, -0.2) is 11.6 Å². The number of fused-ring (bicyclic) bond motifs is 2. The molecular weight excluding hydrogens is 526 g/mol. The standard InChI is InChI=1S/C16H11N2.C12H11.2ClH.Zr/c1-2-6-13-10-15(9-12(13)5-1)18-11-14-7-3-4-8-16(14)17-18;1-2-6-11(7-3-1)10-12-8-4-5-9-12;;;/h1-11H;1-4,6-8H,5,10H2;2*1H;/q2*-1;;;+4/p-2. The van der Waals surface area contributed by atoms with Crippen molar-refractivity contribution in [2.45, 2.75) is 12.8 Å². The van der Waals surface area contributed by atoms with E-state index in [1.54, 1.807) is 0 Å². The van der Waals surface area contributed by atoms with Crippen LogP contribution in [0.2, 0.25) is 0 Å². The molecule has 1 heterocycles. The van der Waals surface area contributed by atoms with Crippen molar-refractivity contribution in [2.75, 3.05) is 0 Å². The molecule has 0 radical (unpaired) electrons. The summed E-state index contributed by atoms with van der Waals surface area (Å²) in [7, 11) is 9.87. The Labute approximate surface area is 213 Å². The van der Waals surface area contributed by atoms with Crippen molar-refractivity contribution in [3.63, 3.8) is 0 Å². The van der Waals surface area contributed by atoms with Gasteiger partial charge in [-0.05, 0) is 23.7 Å². The molecule has 0 amide bonds. The number of halogens is 2. The van der Waals surface area contributed by atoms with E-state index >= 15 is 0 Å². The minimum Gasteiger partial charge on any atom is -0.259 e. The minimum absolute atomic E-state index is 0.826. The summed E-state index contributed by atoms with van der Waals surface area (Å²) < 4.78 is 1.95. The molecule has 0 spiro atoms. The van der Waals surface area contributed by atoms with Crippen molar-refractivity contribution in [1.29, 1.82) is 0 Å². The molecule has 0 saturated heterocycles. The normalized spacial score (nSPS) is 11.9. The van der Waals surface area contributed by atoms with Crippen molar-refractivity contribution >= 4 is 38.7 Å². The maximum atomic E-state index is 4.93. The zero-order chi connectivity index (χ0) is 22.9. The Morgan fingerprint density at radius 2 is 1.61 bits per heavy atom. The van der Waals surface area contributed by atoms with Gasteiger partial charge in [0, 0.05) is 11.6 Å². The molecule has 1 aliphatic rings. The summed E-state index contributed by atoms with van der Waals surface area (Å²) in [6, 6.07) is 31.4. The number of hydrogen-bond donors (Lipinski definition) is 0. The average molecular weight is 549 g/mol. The first kappa shape index (κ1) is 23.8. The summed E-state index contributed by atoms with van der Waals surface area (Å²) in [6.07, 6.45) is 11.7. The molecule has 1 aromatic heterocycles. The van der Waals surface area contributed by atoms with Crippen LogP contribution in [0.5, 0.6) is 0 Å². The van der Waals surface area contributed by atoms with E-state index in [9.17, 15) is 0 Å². The van der Waals surface area contributed by atoms with Crippen molar-refractivity contribution in [2.24, 2.45) is 0 Å². The molecule has 0 unspecified atom stereocenters. The molecule has 2 nitrogen and oxygen atoms in total. The van der Waals surface area contributed by atoms with Gasteiger partial charge in [-0.1, -0.05) is 54.6 Å². The van der Waals surface area contributed by atoms with Crippen molar-refractivity contribution in [3.05, 3.63) is 127 Å². The second-order valence-corrected chi connectivity index (χ2v) is 11.2. The van der Waals surface area contributed by atoms with Gasteiger partial charge in [-0.3, -0.25) is 10.8 Å². The summed E-state index contributed by atoms with van der Waals surface area (Å²) in [5, 5.41) is 8.28. The predicted octanol–water partition coefficient (Wildman–Crippen LogP) is 8.19. The summed E-state index contributed by atoms with van der Waals surface area (Å²) in [4.78, 5) is 0. The van der Waals surface area contributed by atoms with Crippen molar-refractivity contribution in [1.82, 2.24) is 9.78 Å². The molecule has 4 aromatic carbocycles. The molecule has 0 fully saturated rings. The Morgan fingerprint density at radius 1 is 0.909 bits per heavy atom. The molecule has 0 saturated carbocycles. The fourth-order valence-electron chi connectivity index (χ4n) is 3.75. The summed E-state index contributed by atoms with van der Waals surface area (Å²) in [5.41, 5.74) is 4.84. The Balaban J connectivity index is 0.000000150. The molecular formula is C28H22Cl2N2Zr. The number of aromatic nitrogens is 2. The fraction of sp³-hybridized carbons (Fsp3) is 0.0714. The van der Waals surface area contributed by atoms with E-state index in [0.717, 1.165) is 24.0 Å². The van der Waals surface area contributed by atoms with Crippen LogP contribution in [0.1, 0.15) is 12.0 Å². The molecule has 0 aliphatic heterocycles. The zero-order valence-electron chi connectivity index (χ0n) is 18.0. The first-order valence-electron chi connectivity index (χ1n) is 10.6. The molecule has 0 atom stereocenters. The van der Waals surface area contributed by atoms with Crippen LogP contribution in [0, 0.1) is 6.08 Å². The third-order valence-electron chi connectivity index (χ3n) is 5.28. The van der Waals surface area contributed by atoms with Crippen LogP contribution < -0.4 is 0 Å². The van der Waals surface area contributed by atoms with Crippen LogP contribution in [0.15, 0.2) is 115 Å². The van der Waals surface area contributed by atoms with Gasteiger partial charge in [0.05, 0.1) is 5.52 Å². The van der Waals surface area contributed by atoms with E-state index < -0.39 is 20.8 Å². The monoisotopic (exact) mass is 546 g/mol. The van der Waals surface area contributed by atoms with E-state index in [1.807, 2.05) is 28.9 Å². The quantitative estimate of drug-likeness (QED) is 0.208. The number of allylic oxidation sites excluding steroid dienone is 4. The van der Waals surface area contributed by atoms with Gasteiger partial charge in [0.2, 0.25) is 0 Å². The third-order valence-corrected chi connectivity index (χ3v) is 5.28. The van der Waals surface area contributed by atoms with Crippen molar-refractivity contribution in [3.8, 4) is 5.69 Å². The van der Waals surface area contributed by atoms with Crippen LogP contribution in [0.4, 0.5) is 0 Å². The van der Waals surface area contributed by atoms with Gasteiger partial charge in [-0.15, -0.1) is 47.5 Å². The SMILES string of the molecule is [C-]1=C(Cc2ccccc2)C=CC1.[Cl][Zr+2][Cl].c1ccc2[cH-]c(-n3cc4ccccc4n3)cc2c1. The second-order valence-electron chi connectivity index (χ2n) is 7.52. The van der Waals surface area contributed by atoms with E-state index in [2.05, 4.69) is 96.3 Å².